The van der Waals surface area contributed by atoms with Crippen LogP contribution in [0.25, 0.3) is 0 Å². The molecule has 2 heterocycles. The first-order valence-electron chi connectivity index (χ1n) is 8.02. The second-order valence-corrected chi connectivity index (χ2v) is 7.89. The summed E-state index contributed by atoms with van der Waals surface area (Å²) in [7, 11) is -3.74. The van der Waals surface area contributed by atoms with Gasteiger partial charge in [-0.2, -0.15) is 4.31 Å². The maximum atomic E-state index is 13.0. The third-order valence-electron chi connectivity index (χ3n) is 4.22. The Kier molecular flexibility index (Phi) is 5.19. The zero-order valence-electron chi connectivity index (χ0n) is 13.5. The predicted molar refractivity (Wildman–Crippen MR) is 88.4 cm³/mol. The molecule has 0 radical (unpaired) electrons. The molecule has 0 aliphatic carbocycles. The Morgan fingerprint density at radius 2 is 2.04 bits per heavy atom. The number of halogens is 1. The van der Waals surface area contributed by atoms with E-state index in [1.54, 1.807) is 12.1 Å². The summed E-state index contributed by atoms with van der Waals surface area (Å²) in [6.45, 7) is 0.735. The summed E-state index contributed by atoms with van der Waals surface area (Å²) in [5.74, 6) is -0.470. The summed E-state index contributed by atoms with van der Waals surface area (Å²) in [6, 6.07) is 8.21. The van der Waals surface area contributed by atoms with Crippen LogP contribution in [0.5, 0.6) is 0 Å². The SMILES string of the molecule is O=C(NCc1ccco1)C1CCCN(S(=O)(=O)c2ccc(F)cc2)C1. The third-order valence-corrected chi connectivity index (χ3v) is 6.10. The Morgan fingerprint density at radius 3 is 2.72 bits per heavy atom. The quantitative estimate of drug-likeness (QED) is 0.879. The lowest BCUT2D eigenvalue weighted by Crippen LogP contribution is -2.45. The van der Waals surface area contributed by atoms with Gasteiger partial charge in [0.1, 0.15) is 11.6 Å². The first kappa shape index (κ1) is 17.6. The van der Waals surface area contributed by atoms with Crippen LogP contribution in [0.3, 0.4) is 0 Å². The maximum absolute atomic E-state index is 13.0. The number of hydrogen-bond donors (Lipinski definition) is 1. The number of benzene rings is 1. The van der Waals surface area contributed by atoms with E-state index in [1.165, 1.54) is 22.7 Å². The van der Waals surface area contributed by atoms with E-state index in [1.807, 2.05) is 0 Å². The van der Waals surface area contributed by atoms with Crippen molar-refractivity contribution in [2.75, 3.05) is 13.1 Å². The van der Waals surface area contributed by atoms with Gasteiger partial charge in [-0.3, -0.25) is 4.79 Å². The normalized spacial score (nSPS) is 18.8. The van der Waals surface area contributed by atoms with Gasteiger partial charge in [-0.25, -0.2) is 12.8 Å². The smallest absolute Gasteiger partial charge is 0.243 e. The summed E-state index contributed by atoms with van der Waals surface area (Å²) in [5.41, 5.74) is 0. The van der Waals surface area contributed by atoms with Gasteiger partial charge in [0, 0.05) is 13.1 Å². The van der Waals surface area contributed by atoms with Gasteiger partial charge in [-0.05, 0) is 49.2 Å². The molecule has 1 aliphatic heterocycles. The van der Waals surface area contributed by atoms with Gasteiger partial charge in [-0.1, -0.05) is 0 Å². The second kappa shape index (κ2) is 7.37. The molecule has 0 bridgehead atoms. The first-order valence-corrected chi connectivity index (χ1v) is 9.46. The van der Waals surface area contributed by atoms with Gasteiger partial charge >= 0.3 is 0 Å². The highest BCUT2D eigenvalue weighted by Gasteiger charge is 2.33. The van der Waals surface area contributed by atoms with Gasteiger partial charge in [-0.15, -0.1) is 0 Å². The van der Waals surface area contributed by atoms with Gasteiger partial charge in [0.15, 0.2) is 0 Å². The minimum absolute atomic E-state index is 0.0329. The van der Waals surface area contributed by atoms with E-state index in [0.717, 1.165) is 12.1 Å². The number of furan rings is 1. The van der Waals surface area contributed by atoms with Crippen LogP contribution < -0.4 is 5.32 Å². The summed E-state index contributed by atoms with van der Waals surface area (Å²) in [5, 5.41) is 2.77. The number of rotatable bonds is 5. The molecule has 1 aromatic heterocycles. The molecule has 1 unspecified atom stereocenters. The summed E-state index contributed by atoms with van der Waals surface area (Å²) in [4.78, 5) is 12.4. The van der Waals surface area contributed by atoms with Crippen molar-refractivity contribution in [1.29, 1.82) is 0 Å². The van der Waals surface area contributed by atoms with Crippen LogP contribution in [0.15, 0.2) is 52.0 Å². The van der Waals surface area contributed by atoms with Crippen molar-refractivity contribution in [2.24, 2.45) is 5.92 Å². The van der Waals surface area contributed by atoms with E-state index in [9.17, 15) is 17.6 Å². The average Bonchev–Trinajstić information content (AvgIpc) is 3.14. The minimum Gasteiger partial charge on any atom is -0.467 e. The summed E-state index contributed by atoms with van der Waals surface area (Å²) < 4.78 is 44.8. The van der Waals surface area contributed by atoms with E-state index >= 15 is 0 Å². The molecule has 3 rings (SSSR count). The lowest BCUT2D eigenvalue weighted by atomic mass is 9.99. The molecule has 0 saturated carbocycles. The zero-order chi connectivity index (χ0) is 17.9. The van der Waals surface area contributed by atoms with E-state index in [-0.39, 0.29) is 23.9 Å². The van der Waals surface area contributed by atoms with Crippen molar-refractivity contribution < 1.29 is 22.0 Å². The topological polar surface area (TPSA) is 79.6 Å². The van der Waals surface area contributed by atoms with Crippen molar-refractivity contribution in [3.05, 3.63) is 54.2 Å². The first-order chi connectivity index (χ1) is 12.0. The lowest BCUT2D eigenvalue weighted by Gasteiger charge is -2.31. The molecule has 25 heavy (non-hydrogen) atoms. The van der Waals surface area contributed by atoms with Crippen LogP contribution in [0, 0.1) is 11.7 Å². The van der Waals surface area contributed by atoms with Crippen LogP contribution >= 0.6 is 0 Å². The highest BCUT2D eigenvalue weighted by Crippen LogP contribution is 2.24. The summed E-state index contributed by atoms with van der Waals surface area (Å²) in [6.07, 6.45) is 2.75. The fraction of sp³-hybridized carbons (Fsp3) is 0.353. The lowest BCUT2D eigenvalue weighted by molar-refractivity contribution is -0.126. The summed E-state index contributed by atoms with van der Waals surface area (Å²) >= 11 is 0. The Balaban J connectivity index is 1.65. The van der Waals surface area contributed by atoms with Crippen molar-refractivity contribution in [2.45, 2.75) is 24.3 Å². The third kappa shape index (κ3) is 4.08. The molecule has 6 nitrogen and oxygen atoms in total. The second-order valence-electron chi connectivity index (χ2n) is 5.95. The molecular formula is C17H19FN2O4S. The number of nitrogens with zero attached hydrogens (tertiary/aromatic N) is 1. The van der Waals surface area contributed by atoms with Crippen molar-refractivity contribution in [3.8, 4) is 0 Å². The van der Waals surface area contributed by atoms with Crippen molar-refractivity contribution in [1.82, 2.24) is 9.62 Å². The number of amides is 1. The molecule has 2 aromatic rings. The highest BCUT2D eigenvalue weighted by molar-refractivity contribution is 7.89. The Morgan fingerprint density at radius 1 is 1.28 bits per heavy atom. The van der Waals surface area contributed by atoms with E-state index in [0.29, 0.717) is 25.1 Å². The van der Waals surface area contributed by atoms with Crippen LogP contribution in [0.1, 0.15) is 18.6 Å². The van der Waals surface area contributed by atoms with E-state index < -0.39 is 21.8 Å². The van der Waals surface area contributed by atoms with Crippen molar-refractivity contribution >= 4 is 15.9 Å². The Hall–Kier alpha value is -2.19. The van der Waals surface area contributed by atoms with Crippen molar-refractivity contribution in [3.63, 3.8) is 0 Å². The fourth-order valence-electron chi connectivity index (χ4n) is 2.86. The molecule has 8 heteroatoms. The molecule has 0 spiro atoms. The van der Waals surface area contributed by atoms with Gasteiger partial charge in [0.25, 0.3) is 0 Å². The average molecular weight is 366 g/mol. The molecule has 134 valence electrons. The monoisotopic (exact) mass is 366 g/mol. The predicted octanol–water partition coefficient (Wildman–Crippen LogP) is 2.14. The number of sulfonamides is 1. The molecule has 1 atom stereocenters. The van der Waals surface area contributed by atoms with Crippen LogP contribution in [0.4, 0.5) is 4.39 Å². The number of carbonyl (C=O) groups is 1. The zero-order valence-corrected chi connectivity index (χ0v) is 14.3. The standard InChI is InChI=1S/C17H19FN2O4S/c18-14-5-7-16(8-6-14)25(22,23)20-9-1-3-13(12-20)17(21)19-11-15-4-2-10-24-15/h2,4-8,10,13H,1,3,9,11-12H2,(H,19,21). The molecule has 1 N–H and O–H groups in total. The van der Waals surface area contributed by atoms with Crippen LogP contribution in [-0.4, -0.2) is 31.7 Å². The molecule has 1 saturated heterocycles. The highest BCUT2D eigenvalue weighted by atomic mass is 32.2. The van der Waals surface area contributed by atoms with Gasteiger partial charge < -0.3 is 9.73 Å². The van der Waals surface area contributed by atoms with E-state index in [2.05, 4.69) is 5.32 Å². The molecule has 1 aromatic carbocycles. The maximum Gasteiger partial charge on any atom is 0.243 e. The number of hydrogen-bond acceptors (Lipinski definition) is 4. The largest absolute Gasteiger partial charge is 0.467 e. The van der Waals surface area contributed by atoms with Crippen LogP contribution in [0.2, 0.25) is 0 Å². The van der Waals surface area contributed by atoms with E-state index in [4.69, 9.17) is 4.42 Å². The Labute approximate surface area is 145 Å². The molecule has 1 fully saturated rings. The van der Waals surface area contributed by atoms with Gasteiger partial charge in [0.2, 0.25) is 15.9 Å². The molecule has 1 amide bonds. The molecular weight excluding hydrogens is 347 g/mol. The van der Waals surface area contributed by atoms with Crippen LogP contribution in [-0.2, 0) is 21.4 Å². The minimum atomic E-state index is -3.74. The number of nitrogens with one attached hydrogen (secondary N) is 1. The number of carbonyl (C=O) groups excluding carboxylic acids is 1. The Bertz CT molecular complexity index is 819. The fourth-order valence-corrected chi connectivity index (χ4v) is 4.39. The number of piperidine rings is 1. The molecule has 1 aliphatic rings. The van der Waals surface area contributed by atoms with Gasteiger partial charge in [0.05, 0.1) is 23.6 Å².